The quantitative estimate of drug-likeness (QED) is 0.111. The number of carbonyl (C=O) groups is 3. The number of nitriles is 2. The van der Waals surface area contributed by atoms with E-state index in [0.717, 1.165) is 68.7 Å². The molecule has 4 heterocycles. The fourth-order valence-electron chi connectivity index (χ4n) is 8.74. The van der Waals surface area contributed by atoms with E-state index >= 15 is 0 Å². The number of piperazine rings is 1. The van der Waals surface area contributed by atoms with E-state index in [2.05, 4.69) is 58.8 Å². The number of Topliss-reactive ketones (excluding diaryl/α,β-unsaturated/α-hetero) is 1. The summed E-state index contributed by atoms with van der Waals surface area (Å²) in [5.74, 6) is 1.12. The Balaban J connectivity index is 0.818. The summed E-state index contributed by atoms with van der Waals surface area (Å²) in [6.07, 6.45) is 6.96. The summed E-state index contributed by atoms with van der Waals surface area (Å²) in [6, 6.07) is 20.1. The number of aromatic nitrogens is 2. The van der Waals surface area contributed by atoms with Crippen molar-refractivity contribution in [3.63, 3.8) is 0 Å². The zero-order chi connectivity index (χ0) is 41.9. The molecule has 0 spiro atoms. The summed E-state index contributed by atoms with van der Waals surface area (Å²) in [7, 11) is 0. The minimum atomic E-state index is -0.476. The Bertz CT molecular complexity index is 2360. The van der Waals surface area contributed by atoms with Crippen LogP contribution in [-0.2, 0) is 9.59 Å². The molecule has 13 nitrogen and oxygen atoms in total. The zero-order valence-corrected chi connectivity index (χ0v) is 34.5. The van der Waals surface area contributed by atoms with Crippen molar-refractivity contribution in [2.24, 2.45) is 10.8 Å². The molecule has 2 aromatic carbocycles. The van der Waals surface area contributed by atoms with Gasteiger partial charge < -0.3 is 19.7 Å². The lowest BCUT2D eigenvalue weighted by Gasteiger charge is -2.63. The summed E-state index contributed by atoms with van der Waals surface area (Å²) >= 11 is 6.24. The average Bonchev–Trinajstić information content (AvgIpc) is 3.23. The predicted octanol–water partition coefficient (Wildman–Crippen LogP) is 6.85. The number of allylic oxidation sites excluding steroid dienone is 1. The van der Waals surface area contributed by atoms with Crippen LogP contribution in [-0.4, -0.2) is 83.9 Å². The van der Waals surface area contributed by atoms with E-state index in [4.69, 9.17) is 21.1 Å². The Morgan fingerprint density at radius 3 is 2.36 bits per heavy atom. The second kappa shape index (κ2) is 17.1. The van der Waals surface area contributed by atoms with Gasteiger partial charge in [0.05, 0.1) is 46.6 Å². The molecule has 2 aliphatic heterocycles. The van der Waals surface area contributed by atoms with Crippen LogP contribution in [0.15, 0.2) is 78.8 Å². The standard InChI is InChI=1S/C45H47ClN8O5/c1-44(2)42(45(3,4)43(44)59-35-10-8-29(24-47)36(46)22-35)51-41(57)30-9-13-39(50-26-30)53-17-15-52(16-18-53)14-6-5-7-19-58-34-11-12-37-31(21-34)20-33(27-49-37)54-28-32(25-48)38(55)23-40(54)56/h8-13,20-22,26-28,42-43H,5-7,14-19,23H2,1-4H3,(H,51,57). The van der Waals surface area contributed by atoms with Crippen LogP contribution in [0.5, 0.6) is 11.5 Å². The number of unbranched alkanes of at least 4 members (excludes halogenated alkanes) is 2. The number of pyridine rings is 2. The normalized spacial score (nSPS) is 19.9. The molecule has 2 aromatic heterocycles. The fraction of sp³-hybridized carbons (Fsp3) is 0.400. The number of halogens is 1. The Kier molecular flexibility index (Phi) is 11.9. The Labute approximate surface area is 349 Å². The summed E-state index contributed by atoms with van der Waals surface area (Å²) in [5, 5.41) is 22.8. The number of anilines is 2. The monoisotopic (exact) mass is 814 g/mol. The first-order chi connectivity index (χ1) is 28.3. The van der Waals surface area contributed by atoms with Gasteiger partial charge in [0.25, 0.3) is 5.91 Å². The topological polar surface area (TPSA) is 165 Å². The highest BCUT2D eigenvalue weighted by Gasteiger charge is 2.64. The van der Waals surface area contributed by atoms with E-state index in [9.17, 15) is 24.9 Å². The molecule has 1 saturated heterocycles. The van der Waals surface area contributed by atoms with Crippen LogP contribution in [0.1, 0.15) is 69.3 Å². The molecule has 0 bridgehead atoms. The van der Waals surface area contributed by atoms with Gasteiger partial charge in [-0.3, -0.25) is 29.2 Å². The van der Waals surface area contributed by atoms with Crippen molar-refractivity contribution in [3.05, 3.63) is 94.9 Å². The van der Waals surface area contributed by atoms with Crippen molar-refractivity contribution in [2.75, 3.05) is 49.1 Å². The molecule has 3 aliphatic rings. The van der Waals surface area contributed by atoms with Crippen LogP contribution >= 0.6 is 11.6 Å². The van der Waals surface area contributed by atoms with E-state index < -0.39 is 11.7 Å². The van der Waals surface area contributed by atoms with Gasteiger partial charge in [-0.05, 0) is 74.3 Å². The number of nitrogens with zero attached hydrogens (tertiary/aromatic N) is 7. The van der Waals surface area contributed by atoms with Crippen LogP contribution in [0.25, 0.3) is 10.9 Å². The molecule has 4 aromatic rings. The van der Waals surface area contributed by atoms with Gasteiger partial charge in [-0.1, -0.05) is 39.3 Å². The second-order valence-corrected chi connectivity index (χ2v) is 16.9. The highest BCUT2D eigenvalue weighted by molar-refractivity contribution is 6.31. The number of amides is 2. The van der Waals surface area contributed by atoms with Crippen LogP contribution in [0.4, 0.5) is 11.5 Å². The van der Waals surface area contributed by atoms with Crippen LogP contribution in [0, 0.1) is 33.5 Å². The van der Waals surface area contributed by atoms with Crippen molar-refractivity contribution in [1.82, 2.24) is 20.2 Å². The number of fused-ring (bicyclic) bond motifs is 1. The van der Waals surface area contributed by atoms with Gasteiger partial charge in [0.15, 0.2) is 5.78 Å². The Morgan fingerprint density at radius 1 is 0.898 bits per heavy atom. The first-order valence-corrected chi connectivity index (χ1v) is 20.3. The fourth-order valence-corrected chi connectivity index (χ4v) is 8.96. The van der Waals surface area contributed by atoms with Crippen LogP contribution < -0.4 is 24.6 Å². The Hall–Kier alpha value is -6.02. The van der Waals surface area contributed by atoms with Crippen molar-refractivity contribution in [3.8, 4) is 23.6 Å². The molecule has 304 valence electrons. The van der Waals surface area contributed by atoms with Gasteiger partial charge in [0.2, 0.25) is 5.91 Å². The number of rotatable bonds is 13. The SMILES string of the molecule is CC1(C)C(NC(=O)c2ccc(N3CCN(CCCCCOc4ccc5ncc(N6C=C(C#N)C(=O)CC6=O)cc5c4)CC3)nc2)C(C)(C)C1Oc1ccc(C#N)c(Cl)c1. The van der Waals surface area contributed by atoms with Gasteiger partial charge >= 0.3 is 0 Å². The third kappa shape index (κ3) is 8.73. The van der Waals surface area contributed by atoms with E-state index in [-0.39, 0.29) is 40.9 Å². The lowest BCUT2D eigenvalue weighted by atomic mass is 9.49. The highest BCUT2D eigenvalue weighted by atomic mass is 35.5. The Morgan fingerprint density at radius 2 is 1.66 bits per heavy atom. The van der Waals surface area contributed by atoms with Crippen LogP contribution in [0.3, 0.4) is 0 Å². The third-order valence-electron chi connectivity index (χ3n) is 11.7. The van der Waals surface area contributed by atoms with Crippen molar-refractivity contribution < 1.29 is 23.9 Å². The number of hydrogen-bond acceptors (Lipinski definition) is 11. The summed E-state index contributed by atoms with van der Waals surface area (Å²) in [4.78, 5) is 53.0. The molecule has 7 rings (SSSR count). The molecule has 2 amide bonds. The molecule has 2 fully saturated rings. The van der Waals surface area contributed by atoms with Gasteiger partial charge in [0.1, 0.15) is 41.1 Å². The number of ether oxygens (including phenoxy) is 2. The lowest BCUT2D eigenvalue weighted by molar-refractivity contribution is -0.164. The summed E-state index contributed by atoms with van der Waals surface area (Å²) in [6.45, 7) is 13.5. The molecule has 59 heavy (non-hydrogen) atoms. The second-order valence-electron chi connectivity index (χ2n) is 16.5. The number of nitrogens with one attached hydrogen (secondary N) is 1. The molecule has 14 heteroatoms. The zero-order valence-electron chi connectivity index (χ0n) is 33.7. The van der Waals surface area contributed by atoms with Gasteiger partial charge in [-0.25, -0.2) is 4.98 Å². The van der Waals surface area contributed by atoms with E-state index in [1.165, 1.54) is 11.1 Å². The van der Waals surface area contributed by atoms with E-state index in [0.29, 0.717) is 39.9 Å². The first-order valence-electron chi connectivity index (χ1n) is 19.9. The summed E-state index contributed by atoms with van der Waals surface area (Å²) in [5.41, 5.74) is 1.36. The van der Waals surface area contributed by atoms with Gasteiger partial charge in [0, 0.05) is 66.9 Å². The minimum absolute atomic E-state index is 0.0537. The maximum atomic E-state index is 13.4. The predicted molar refractivity (Wildman–Crippen MR) is 224 cm³/mol. The molecule has 0 radical (unpaired) electrons. The largest absolute Gasteiger partial charge is 0.494 e. The molecule has 1 N–H and O–H groups in total. The molecule has 0 unspecified atom stereocenters. The number of ketones is 1. The van der Waals surface area contributed by atoms with Gasteiger partial charge in [-0.15, -0.1) is 0 Å². The molecule has 1 saturated carbocycles. The first kappa shape index (κ1) is 41.2. The molecule has 0 atom stereocenters. The van der Waals surface area contributed by atoms with E-state index in [1.54, 1.807) is 36.7 Å². The molecular weight excluding hydrogens is 768 g/mol. The third-order valence-corrected chi connectivity index (χ3v) is 12.0. The van der Waals surface area contributed by atoms with E-state index in [1.807, 2.05) is 36.4 Å². The molecular formula is C45H47ClN8O5. The smallest absolute Gasteiger partial charge is 0.253 e. The lowest BCUT2D eigenvalue weighted by Crippen LogP contribution is -2.74. The molecule has 1 aliphatic carbocycles. The highest BCUT2D eigenvalue weighted by Crippen LogP contribution is 2.55. The summed E-state index contributed by atoms with van der Waals surface area (Å²) < 4.78 is 12.4. The van der Waals surface area contributed by atoms with Gasteiger partial charge in [-0.2, -0.15) is 10.5 Å². The minimum Gasteiger partial charge on any atom is -0.494 e. The average molecular weight is 815 g/mol. The number of hydrogen-bond donors (Lipinski definition) is 1. The van der Waals surface area contributed by atoms with Crippen molar-refractivity contribution in [1.29, 1.82) is 10.5 Å². The maximum absolute atomic E-state index is 13.4. The van der Waals surface area contributed by atoms with Crippen molar-refractivity contribution in [2.45, 2.75) is 65.5 Å². The number of carbonyl (C=O) groups excluding carboxylic acids is 3. The number of benzene rings is 2. The maximum Gasteiger partial charge on any atom is 0.253 e. The van der Waals surface area contributed by atoms with Crippen LogP contribution in [0.2, 0.25) is 5.02 Å². The van der Waals surface area contributed by atoms with Crippen molar-refractivity contribution >= 4 is 51.6 Å².